The van der Waals surface area contributed by atoms with Crippen LogP contribution in [0.4, 0.5) is 5.69 Å². The molecule has 0 spiro atoms. The van der Waals surface area contributed by atoms with Crippen LogP contribution in [0.15, 0.2) is 18.2 Å². The number of anilines is 1. The van der Waals surface area contributed by atoms with Gasteiger partial charge in [0.25, 0.3) is 5.91 Å². The highest BCUT2D eigenvalue weighted by Crippen LogP contribution is 2.58. The maximum absolute atomic E-state index is 12.6. The van der Waals surface area contributed by atoms with Crippen molar-refractivity contribution in [2.45, 2.75) is 45.6 Å². The molecule has 0 bridgehead atoms. The second kappa shape index (κ2) is 7.21. The lowest BCUT2D eigenvalue weighted by Crippen LogP contribution is -2.32. The number of rotatable bonds is 6. The summed E-state index contributed by atoms with van der Waals surface area (Å²) in [5.41, 5.74) is 0.205. The van der Waals surface area contributed by atoms with E-state index >= 15 is 0 Å². The number of carbonyl (C=O) groups is 3. The molecule has 146 valence electrons. The molecule has 2 saturated carbocycles. The van der Waals surface area contributed by atoms with Gasteiger partial charge in [-0.2, -0.15) is 0 Å². The van der Waals surface area contributed by atoms with E-state index in [4.69, 9.17) is 4.74 Å². The Balaban J connectivity index is 1.75. The van der Waals surface area contributed by atoms with Crippen LogP contribution in [-0.4, -0.2) is 36.0 Å². The molecule has 0 aromatic heterocycles. The number of methoxy groups -OCH3 is 1. The molecule has 3 N–H and O–H groups in total. The summed E-state index contributed by atoms with van der Waals surface area (Å²) in [5.74, 6) is -2.44. The number of carboxylic acid groups (broad SMARTS) is 1. The van der Waals surface area contributed by atoms with Gasteiger partial charge in [0.2, 0.25) is 5.91 Å². The van der Waals surface area contributed by atoms with Crippen molar-refractivity contribution < 1.29 is 24.2 Å². The number of hydrogen-bond donors (Lipinski definition) is 3. The highest BCUT2D eigenvalue weighted by Gasteiger charge is 2.65. The summed E-state index contributed by atoms with van der Waals surface area (Å²) in [5, 5.41) is 15.0. The Labute approximate surface area is 158 Å². The molecule has 2 aliphatic carbocycles. The molecule has 2 atom stereocenters. The fraction of sp³-hybridized carbons (Fsp3) is 0.550. The zero-order valence-corrected chi connectivity index (χ0v) is 15.9. The number of carboxylic acids is 1. The minimum absolute atomic E-state index is 0.185. The number of nitrogens with one attached hydrogen (secondary N) is 2. The predicted octanol–water partition coefficient (Wildman–Crippen LogP) is 2.66. The van der Waals surface area contributed by atoms with E-state index in [2.05, 4.69) is 10.6 Å². The van der Waals surface area contributed by atoms with Gasteiger partial charge in [0.1, 0.15) is 5.75 Å². The minimum Gasteiger partial charge on any atom is -0.495 e. The van der Waals surface area contributed by atoms with Crippen molar-refractivity contribution in [3.63, 3.8) is 0 Å². The van der Waals surface area contributed by atoms with Gasteiger partial charge in [-0.3, -0.25) is 14.4 Å². The number of ether oxygens (including phenoxy) is 1. The lowest BCUT2D eigenvalue weighted by molar-refractivity contribution is -0.140. The molecule has 7 nitrogen and oxygen atoms in total. The van der Waals surface area contributed by atoms with Gasteiger partial charge in [-0.15, -0.1) is 0 Å². The van der Waals surface area contributed by atoms with Crippen molar-refractivity contribution >= 4 is 23.5 Å². The molecule has 0 saturated heterocycles. The molecular formula is C20H26N2O5. The molecule has 27 heavy (non-hydrogen) atoms. The number of hydrogen-bond acceptors (Lipinski definition) is 4. The summed E-state index contributed by atoms with van der Waals surface area (Å²) in [6, 6.07) is 5.05. The molecule has 1 aromatic rings. The standard InChI is InChI=1S/C20H26N2O5/c1-20(2)15(16(20)19(25)26)18(24)22-13-10-11(8-9-14(13)27-3)17(23)21-12-6-4-5-7-12/h8-10,12,15-16H,4-7H2,1-3H3,(H,21,23)(H,22,24)(H,25,26)/t15-,16-/m0/s1. The second-order valence-corrected chi connectivity index (χ2v) is 7.97. The second-order valence-electron chi connectivity index (χ2n) is 7.97. The van der Waals surface area contributed by atoms with E-state index in [9.17, 15) is 19.5 Å². The summed E-state index contributed by atoms with van der Waals surface area (Å²) in [7, 11) is 1.48. The number of amides is 2. The van der Waals surface area contributed by atoms with Gasteiger partial charge in [0.15, 0.2) is 0 Å². The average molecular weight is 374 g/mol. The molecule has 2 fully saturated rings. The lowest BCUT2D eigenvalue weighted by Gasteiger charge is -2.15. The molecule has 0 radical (unpaired) electrons. The van der Waals surface area contributed by atoms with E-state index in [0.29, 0.717) is 17.0 Å². The molecule has 2 aliphatic rings. The van der Waals surface area contributed by atoms with Crippen LogP contribution < -0.4 is 15.4 Å². The maximum Gasteiger partial charge on any atom is 0.307 e. The molecule has 7 heteroatoms. The van der Waals surface area contributed by atoms with Crippen molar-refractivity contribution in [3.8, 4) is 5.75 Å². The van der Waals surface area contributed by atoms with Crippen LogP contribution in [-0.2, 0) is 9.59 Å². The molecule has 2 amide bonds. The quantitative estimate of drug-likeness (QED) is 0.710. The Bertz CT molecular complexity index is 768. The van der Waals surface area contributed by atoms with Crippen molar-refractivity contribution in [1.29, 1.82) is 0 Å². The Morgan fingerprint density at radius 2 is 1.81 bits per heavy atom. The first kappa shape index (κ1) is 19.2. The van der Waals surface area contributed by atoms with Crippen molar-refractivity contribution in [2.75, 3.05) is 12.4 Å². The SMILES string of the molecule is COc1ccc(C(=O)NC2CCCC2)cc1NC(=O)[C@@H]1[C@@H](C(=O)O)C1(C)C. The van der Waals surface area contributed by atoms with E-state index in [-0.39, 0.29) is 17.9 Å². The lowest BCUT2D eigenvalue weighted by atomic mass is 10.1. The van der Waals surface area contributed by atoms with Gasteiger partial charge in [0, 0.05) is 11.6 Å². The smallest absolute Gasteiger partial charge is 0.307 e. The van der Waals surface area contributed by atoms with Crippen LogP contribution in [0, 0.1) is 17.3 Å². The van der Waals surface area contributed by atoms with E-state index < -0.39 is 23.2 Å². The molecule has 1 aromatic carbocycles. The van der Waals surface area contributed by atoms with Crippen LogP contribution in [0.1, 0.15) is 49.9 Å². The normalized spacial score (nSPS) is 23.5. The highest BCUT2D eigenvalue weighted by molar-refractivity contribution is 6.02. The van der Waals surface area contributed by atoms with Gasteiger partial charge in [-0.25, -0.2) is 0 Å². The Kier molecular flexibility index (Phi) is 5.13. The maximum atomic E-state index is 12.6. The van der Waals surface area contributed by atoms with Gasteiger partial charge in [-0.05, 0) is 36.5 Å². The van der Waals surface area contributed by atoms with Crippen LogP contribution in [0.2, 0.25) is 0 Å². The summed E-state index contributed by atoms with van der Waals surface area (Å²) < 4.78 is 5.28. The summed E-state index contributed by atoms with van der Waals surface area (Å²) in [6.07, 6.45) is 4.21. The number of aliphatic carboxylic acids is 1. The third kappa shape index (κ3) is 3.77. The van der Waals surface area contributed by atoms with Gasteiger partial charge in [-0.1, -0.05) is 26.7 Å². The average Bonchev–Trinajstić information content (AvgIpc) is 2.93. The monoisotopic (exact) mass is 374 g/mol. The third-order valence-corrected chi connectivity index (χ3v) is 5.79. The molecule has 0 aliphatic heterocycles. The largest absolute Gasteiger partial charge is 0.495 e. The first-order chi connectivity index (χ1) is 12.8. The van der Waals surface area contributed by atoms with Crippen LogP contribution in [0.3, 0.4) is 0 Å². The van der Waals surface area contributed by atoms with Crippen molar-refractivity contribution in [3.05, 3.63) is 23.8 Å². The van der Waals surface area contributed by atoms with Crippen molar-refractivity contribution in [2.24, 2.45) is 17.3 Å². The molecule has 0 unspecified atom stereocenters. The third-order valence-electron chi connectivity index (χ3n) is 5.79. The van der Waals surface area contributed by atoms with Gasteiger partial charge < -0.3 is 20.5 Å². The Morgan fingerprint density at radius 1 is 1.15 bits per heavy atom. The predicted molar refractivity (Wildman–Crippen MR) is 99.7 cm³/mol. The number of benzene rings is 1. The molecule has 3 rings (SSSR count). The first-order valence-electron chi connectivity index (χ1n) is 9.28. The molecular weight excluding hydrogens is 348 g/mol. The highest BCUT2D eigenvalue weighted by atomic mass is 16.5. The van der Waals surface area contributed by atoms with E-state index in [1.54, 1.807) is 32.0 Å². The Hall–Kier alpha value is -2.57. The van der Waals surface area contributed by atoms with Gasteiger partial charge >= 0.3 is 5.97 Å². The summed E-state index contributed by atoms with van der Waals surface area (Å²) >= 11 is 0. The van der Waals surface area contributed by atoms with E-state index in [1.807, 2.05) is 0 Å². The fourth-order valence-corrected chi connectivity index (χ4v) is 4.08. The number of carbonyl (C=O) groups excluding carboxylic acids is 2. The topological polar surface area (TPSA) is 105 Å². The van der Waals surface area contributed by atoms with E-state index in [1.165, 1.54) is 7.11 Å². The summed E-state index contributed by atoms with van der Waals surface area (Å²) in [6.45, 7) is 3.53. The Morgan fingerprint density at radius 3 is 2.37 bits per heavy atom. The minimum atomic E-state index is -0.975. The summed E-state index contributed by atoms with van der Waals surface area (Å²) in [4.78, 5) is 36.4. The zero-order chi connectivity index (χ0) is 19.8. The van der Waals surface area contributed by atoms with Crippen LogP contribution >= 0.6 is 0 Å². The van der Waals surface area contributed by atoms with Crippen LogP contribution in [0.5, 0.6) is 5.75 Å². The zero-order valence-electron chi connectivity index (χ0n) is 15.9. The van der Waals surface area contributed by atoms with Gasteiger partial charge in [0.05, 0.1) is 24.6 Å². The van der Waals surface area contributed by atoms with E-state index in [0.717, 1.165) is 25.7 Å². The molecule has 0 heterocycles. The first-order valence-corrected chi connectivity index (χ1v) is 9.28. The van der Waals surface area contributed by atoms with Crippen molar-refractivity contribution in [1.82, 2.24) is 5.32 Å². The fourth-order valence-electron chi connectivity index (χ4n) is 4.08. The van der Waals surface area contributed by atoms with Crippen LogP contribution in [0.25, 0.3) is 0 Å².